The molecule has 90 valence electrons. The predicted octanol–water partition coefficient (Wildman–Crippen LogP) is 3.43. The molecular weight excluding hydrogens is 210 g/mol. The number of nitrogens with zero attached hydrogens (tertiary/aromatic N) is 1. The number of rotatable bonds is 7. The minimum atomic E-state index is 0.249. The van der Waals surface area contributed by atoms with Gasteiger partial charge in [-0.2, -0.15) is 0 Å². The second-order valence-corrected chi connectivity index (χ2v) is 4.49. The summed E-state index contributed by atoms with van der Waals surface area (Å²) in [4.78, 5) is 14.0. The molecule has 2 nitrogen and oxygen atoms in total. The Labute approximate surface area is 99.0 Å². The summed E-state index contributed by atoms with van der Waals surface area (Å²) in [6.07, 6.45) is 3.38. The fourth-order valence-corrected chi connectivity index (χ4v) is 1.80. The Bertz CT molecular complexity index is 174. The molecule has 0 rings (SSSR count). The van der Waals surface area contributed by atoms with Crippen LogP contribution in [0.2, 0.25) is 0 Å². The van der Waals surface area contributed by atoms with Crippen LogP contribution in [0, 0.1) is 0 Å². The third-order valence-electron chi connectivity index (χ3n) is 2.94. The zero-order chi connectivity index (χ0) is 11.8. The summed E-state index contributed by atoms with van der Waals surface area (Å²) in [6.45, 7) is 8.47. The van der Waals surface area contributed by atoms with E-state index in [0.717, 1.165) is 19.3 Å². The monoisotopic (exact) mass is 233 g/mol. The topological polar surface area (TPSA) is 20.3 Å². The molecular formula is C12H24ClNO. The lowest BCUT2D eigenvalue weighted by Crippen LogP contribution is -2.44. The molecule has 0 fully saturated rings. The summed E-state index contributed by atoms with van der Waals surface area (Å²) >= 11 is 5.61. The molecule has 2 unspecified atom stereocenters. The molecule has 1 amide bonds. The molecule has 0 aliphatic carbocycles. The molecule has 0 saturated heterocycles. The van der Waals surface area contributed by atoms with Crippen LogP contribution in [0.4, 0.5) is 0 Å². The number of carbonyl (C=O) groups is 1. The van der Waals surface area contributed by atoms with Crippen molar-refractivity contribution in [1.29, 1.82) is 0 Å². The van der Waals surface area contributed by atoms with Crippen molar-refractivity contribution in [1.82, 2.24) is 4.90 Å². The third kappa shape index (κ3) is 4.87. The van der Waals surface area contributed by atoms with Gasteiger partial charge >= 0.3 is 0 Å². The average molecular weight is 234 g/mol. The Morgan fingerprint density at radius 2 is 1.67 bits per heavy atom. The average Bonchev–Trinajstić information content (AvgIpc) is 2.25. The molecule has 0 N–H and O–H groups in total. The van der Waals surface area contributed by atoms with E-state index < -0.39 is 0 Å². The lowest BCUT2D eigenvalue weighted by molar-refractivity contribution is -0.135. The number of halogens is 1. The number of amides is 1. The summed E-state index contributed by atoms with van der Waals surface area (Å²) in [5.74, 6) is 0.819. The van der Waals surface area contributed by atoms with Gasteiger partial charge in [0.25, 0.3) is 0 Å². The van der Waals surface area contributed by atoms with Crippen LogP contribution in [0.3, 0.4) is 0 Å². The predicted molar refractivity (Wildman–Crippen MR) is 66.3 cm³/mol. The number of carbonyl (C=O) groups excluding carboxylic acids is 1. The first-order chi connectivity index (χ1) is 7.08. The van der Waals surface area contributed by atoms with Crippen LogP contribution < -0.4 is 0 Å². The standard InChI is InChI=1S/C12H24ClNO/c1-5-10(3)14(11(4)6-2)12(15)8-7-9-13/h10-11H,5-9H2,1-4H3. The first-order valence-electron chi connectivity index (χ1n) is 5.95. The SMILES string of the molecule is CCC(C)N(C(=O)CCCCl)C(C)CC. The van der Waals surface area contributed by atoms with Crippen molar-refractivity contribution in [2.75, 3.05) is 5.88 Å². The quantitative estimate of drug-likeness (QED) is 0.617. The normalized spacial score (nSPS) is 14.7. The van der Waals surface area contributed by atoms with Crippen molar-refractivity contribution in [3.8, 4) is 0 Å². The van der Waals surface area contributed by atoms with Crippen LogP contribution in [0.1, 0.15) is 53.4 Å². The number of hydrogen-bond donors (Lipinski definition) is 0. The van der Waals surface area contributed by atoms with E-state index in [9.17, 15) is 4.79 Å². The second-order valence-electron chi connectivity index (χ2n) is 4.11. The van der Waals surface area contributed by atoms with Crippen molar-refractivity contribution >= 4 is 17.5 Å². The first-order valence-corrected chi connectivity index (χ1v) is 6.48. The van der Waals surface area contributed by atoms with E-state index in [2.05, 4.69) is 27.7 Å². The number of alkyl halides is 1. The lowest BCUT2D eigenvalue weighted by Gasteiger charge is -2.34. The summed E-state index contributed by atoms with van der Waals surface area (Å²) < 4.78 is 0. The van der Waals surface area contributed by atoms with Gasteiger partial charge in [-0.25, -0.2) is 0 Å². The van der Waals surface area contributed by atoms with Crippen LogP contribution in [0.25, 0.3) is 0 Å². The molecule has 15 heavy (non-hydrogen) atoms. The minimum absolute atomic E-state index is 0.249. The maximum Gasteiger partial charge on any atom is 0.223 e. The molecule has 0 spiro atoms. The fourth-order valence-electron chi connectivity index (χ4n) is 1.67. The highest BCUT2D eigenvalue weighted by molar-refractivity contribution is 6.17. The summed E-state index contributed by atoms with van der Waals surface area (Å²) in [5, 5.41) is 0. The smallest absolute Gasteiger partial charge is 0.223 e. The molecule has 0 bridgehead atoms. The van der Waals surface area contributed by atoms with E-state index in [0.29, 0.717) is 24.4 Å². The van der Waals surface area contributed by atoms with Gasteiger partial charge in [-0.1, -0.05) is 13.8 Å². The maximum atomic E-state index is 12.0. The van der Waals surface area contributed by atoms with Gasteiger partial charge in [0.1, 0.15) is 0 Å². The minimum Gasteiger partial charge on any atom is -0.337 e. The third-order valence-corrected chi connectivity index (χ3v) is 3.21. The van der Waals surface area contributed by atoms with E-state index in [4.69, 9.17) is 11.6 Å². The van der Waals surface area contributed by atoms with Crippen LogP contribution in [-0.4, -0.2) is 28.8 Å². The summed E-state index contributed by atoms with van der Waals surface area (Å²) in [6, 6.07) is 0.672. The van der Waals surface area contributed by atoms with Crippen LogP contribution >= 0.6 is 11.6 Å². The Morgan fingerprint density at radius 3 is 2.00 bits per heavy atom. The van der Waals surface area contributed by atoms with Gasteiger partial charge in [0.2, 0.25) is 5.91 Å². The molecule has 3 heteroatoms. The van der Waals surface area contributed by atoms with Gasteiger partial charge in [-0.3, -0.25) is 4.79 Å². The highest BCUT2D eigenvalue weighted by Gasteiger charge is 2.22. The van der Waals surface area contributed by atoms with Crippen LogP contribution in [0.5, 0.6) is 0 Å². The number of hydrogen-bond acceptors (Lipinski definition) is 1. The van der Waals surface area contributed by atoms with E-state index in [1.807, 2.05) is 4.90 Å². The van der Waals surface area contributed by atoms with E-state index in [1.165, 1.54) is 0 Å². The van der Waals surface area contributed by atoms with E-state index in [-0.39, 0.29) is 5.91 Å². The zero-order valence-electron chi connectivity index (χ0n) is 10.4. The van der Waals surface area contributed by atoms with E-state index >= 15 is 0 Å². The second kappa shape index (κ2) is 7.98. The summed E-state index contributed by atoms with van der Waals surface area (Å²) in [7, 11) is 0. The van der Waals surface area contributed by atoms with Gasteiger partial charge in [0.05, 0.1) is 0 Å². The molecule has 0 aromatic carbocycles. The van der Waals surface area contributed by atoms with Crippen LogP contribution in [-0.2, 0) is 4.79 Å². The molecule has 2 atom stereocenters. The fraction of sp³-hybridized carbons (Fsp3) is 0.917. The van der Waals surface area contributed by atoms with E-state index in [1.54, 1.807) is 0 Å². The molecule has 0 heterocycles. The lowest BCUT2D eigenvalue weighted by atomic mass is 10.1. The van der Waals surface area contributed by atoms with Gasteiger partial charge in [0, 0.05) is 24.4 Å². The van der Waals surface area contributed by atoms with Gasteiger partial charge in [-0.05, 0) is 33.1 Å². The first kappa shape index (κ1) is 14.8. The Hall–Kier alpha value is -0.240. The van der Waals surface area contributed by atoms with Crippen molar-refractivity contribution in [2.45, 2.75) is 65.5 Å². The highest BCUT2D eigenvalue weighted by Crippen LogP contribution is 2.14. The van der Waals surface area contributed by atoms with Crippen molar-refractivity contribution in [3.63, 3.8) is 0 Å². The van der Waals surface area contributed by atoms with Gasteiger partial charge in [-0.15, -0.1) is 11.6 Å². The van der Waals surface area contributed by atoms with Crippen molar-refractivity contribution < 1.29 is 4.79 Å². The zero-order valence-corrected chi connectivity index (χ0v) is 11.2. The molecule has 0 aromatic rings. The molecule has 0 radical (unpaired) electrons. The van der Waals surface area contributed by atoms with Crippen molar-refractivity contribution in [2.24, 2.45) is 0 Å². The van der Waals surface area contributed by atoms with Gasteiger partial charge < -0.3 is 4.90 Å². The maximum absolute atomic E-state index is 12.0. The molecule has 0 aliphatic heterocycles. The molecule has 0 saturated carbocycles. The molecule has 0 aliphatic rings. The Kier molecular flexibility index (Phi) is 7.85. The van der Waals surface area contributed by atoms with Gasteiger partial charge in [0.15, 0.2) is 0 Å². The highest BCUT2D eigenvalue weighted by atomic mass is 35.5. The van der Waals surface area contributed by atoms with Crippen LogP contribution in [0.15, 0.2) is 0 Å². The Balaban J connectivity index is 4.40. The van der Waals surface area contributed by atoms with Crippen molar-refractivity contribution in [3.05, 3.63) is 0 Å². The largest absolute Gasteiger partial charge is 0.337 e. The Morgan fingerprint density at radius 1 is 1.20 bits per heavy atom. The molecule has 0 aromatic heterocycles. The summed E-state index contributed by atoms with van der Waals surface area (Å²) in [5.41, 5.74) is 0.